The van der Waals surface area contributed by atoms with Gasteiger partial charge in [0.1, 0.15) is 25.1 Å². The molecule has 17 nitrogen and oxygen atoms in total. The lowest BCUT2D eigenvalue weighted by molar-refractivity contribution is -0.212. The number of alkyl halides is 15. The van der Waals surface area contributed by atoms with Crippen LogP contribution in [0.15, 0.2) is 55.2 Å². The first-order chi connectivity index (χ1) is 40.9. The fourth-order valence-electron chi connectivity index (χ4n) is 6.41. The van der Waals surface area contributed by atoms with Crippen LogP contribution in [0.1, 0.15) is 115 Å². The van der Waals surface area contributed by atoms with Crippen molar-refractivity contribution in [1.29, 1.82) is 0 Å². The number of nitrogens with zero attached hydrogens (tertiary/aromatic N) is 11. The van der Waals surface area contributed by atoms with Crippen LogP contribution in [0.25, 0.3) is 0 Å². The van der Waals surface area contributed by atoms with Crippen molar-refractivity contribution in [2.24, 2.45) is 55.2 Å². The fourth-order valence-corrected chi connectivity index (χ4v) is 9.53. The third-order valence-electron chi connectivity index (χ3n) is 11.1. The highest BCUT2D eigenvalue weighted by Gasteiger charge is 2.46. The molecule has 5 atom stereocenters. The number of halogens is 15. The number of oxime groups is 2. The van der Waals surface area contributed by atoms with Crippen LogP contribution in [0.5, 0.6) is 0 Å². The monoisotopic (exact) mass is 1370 g/mol. The first-order valence-corrected chi connectivity index (χ1v) is 31.1. The summed E-state index contributed by atoms with van der Waals surface area (Å²) in [6.45, 7) is 26.1. The van der Waals surface area contributed by atoms with Crippen LogP contribution in [0.4, 0.5) is 65.9 Å². The van der Waals surface area contributed by atoms with Crippen molar-refractivity contribution in [2.45, 2.75) is 175 Å². The van der Waals surface area contributed by atoms with Gasteiger partial charge in [-0.2, -0.15) is 65.9 Å². The molecule has 0 saturated carbocycles. The maximum Gasteiger partial charge on any atom is 0.428 e. The molecule has 0 aromatic heterocycles. The predicted octanol–water partition coefficient (Wildman–Crippen LogP) is 14.6. The average Bonchev–Trinajstić information content (AvgIpc) is 4.48. The molecule has 36 heteroatoms. The molecule has 11 heterocycles. The Hall–Kier alpha value is -4.48. The Morgan fingerprint density at radius 1 is 0.409 bits per heavy atom. The summed E-state index contributed by atoms with van der Waals surface area (Å²) >= 11 is 5.67. The van der Waals surface area contributed by atoms with E-state index >= 15 is 0 Å². The van der Waals surface area contributed by atoms with Gasteiger partial charge in [0.2, 0.25) is 12.2 Å². The molecule has 0 bridgehead atoms. The van der Waals surface area contributed by atoms with E-state index in [9.17, 15) is 65.9 Å². The van der Waals surface area contributed by atoms with E-state index in [1.807, 2.05) is 44.3 Å². The van der Waals surface area contributed by atoms with E-state index in [-0.39, 0.29) is 43.7 Å². The van der Waals surface area contributed by atoms with Crippen molar-refractivity contribution in [3.05, 3.63) is 0 Å². The largest absolute Gasteiger partial charge is 0.481 e. The SMILES string of the molecule is CC1=NC(C(F)(F)F)CO1.CC1=NC(C(F)(F)F)CS1.CC1=NCC(C(F)(F)F)O1.CC1=NCC(C(F)(F)F)S1.CC1=NCCC1.CC1=NCCCO1.CC1=NCCCS1.CC1=NCCO1.CC1=NCCS1.CC1=NOC(C(F)(F)F)C1.CC1=NOCC1. The molecular weight excluding hydrogens is 1290 g/mol. The Kier molecular flexibility index (Phi) is 38.7. The molecule has 5 unspecified atom stereocenters. The minimum Gasteiger partial charge on any atom is -0.481 e. The molecule has 11 rings (SSSR count). The molecule has 0 aromatic carbocycles. The van der Waals surface area contributed by atoms with Crippen LogP contribution in [0, 0.1) is 0 Å². The smallest absolute Gasteiger partial charge is 0.428 e. The highest BCUT2D eigenvalue weighted by atomic mass is 32.2. The zero-order valence-electron chi connectivity index (χ0n) is 50.7. The quantitative estimate of drug-likeness (QED) is 0.211. The van der Waals surface area contributed by atoms with Crippen molar-refractivity contribution < 1.29 is 94.5 Å². The molecule has 0 radical (unpaired) electrons. The van der Waals surface area contributed by atoms with Gasteiger partial charge in [0.25, 0.3) is 0 Å². The zero-order chi connectivity index (χ0) is 66.7. The van der Waals surface area contributed by atoms with Crippen LogP contribution in [0.2, 0.25) is 0 Å². The summed E-state index contributed by atoms with van der Waals surface area (Å²) in [7, 11) is 0. The van der Waals surface area contributed by atoms with Gasteiger partial charge in [-0.3, -0.25) is 39.9 Å². The molecule has 0 aliphatic carbocycles. The summed E-state index contributed by atoms with van der Waals surface area (Å²) in [4.78, 5) is 42.9. The maximum absolute atomic E-state index is 11.8. The molecule has 0 saturated heterocycles. The summed E-state index contributed by atoms with van der Waals surface area (Å²) in [6, 6.07) is -3.11. The van der Waals surface area contributed by atoms with Gasteiger partial charge in [-0.05, 0) is 67.7 Å². The molecular formula is C52H78F15N11O6S4. The number of rotatable bonds is 0. The summed E-state index contributed by atoms with van der Waals surface area (Å²) in [5.41, 5.74) is 2.83. The molecule has 11 aliphatic heterocycles. The molecule has 11 aliphatic rings. The molecule has 0 N–H and O–H groups in total. The van der Waals surface area contributed by atoms with Crippen LogP contribution in [-0.2, 0) is 28.6 Å². The Morgan fingerprint density at radius 3 is 1.20 bits per heavy atom. The predicted molar refractivity (Wildman–Crippen MR) is 326 cm³/mol. The van der Waals surface area contributed by atoms with Crippen molar-refractivity contribution in [3.63, 3.8) is 0 Å². The van der Waals surface area contributed by atoms with E-state index in [4.69, 9.17) is 9.47 Å². The number of ether oxygens (including phenoxy) is 4. The second kappa shape index (κ2) is 41.8. The summed E-state index contributed by atoms with van der Waals surface area (Å²) in [5.74, 6) is 4.42. The third-order valence-corrected chi connectivity index (χ3v) is 15.2. The first-order valence-electron chi connectivity index (χ1n) is 27.3. The van der Waals surface area contributed by atoms with Crippen molar-refractivity contribution in [3.8, 4) is 0 Å². The molecule has 0 aromatic rings. The van der Waals surface area contributed by atoms with Gasteiger partial charge in [0.05, 0.1) is 57.8 Å². The maximum atomic E-state index is 11.8. The zero-order valence-corrected chi connectivity index (χ0v) is 54.0. The van der Waals surface area contributed by atoms with Crippen molar-refractivity contribution in [1.82, 2.24) is 0 Å². The van der Waals surface area contributed by atoms with Gasteiger partial charge in [-0.1, -0.05) is 22.1 Å². The van der Waals surface area contributed by atoms with Gasteiger partial charge in [0.15, 0.2) is 35.7 Å². The lowest BCUT2D eigenvalue weighted by Gasteiger charge is -2.12. The summed E-state index contributed by atoms with van der Waals surface area (Å²) < 4.78 is 195. The van der Waals surface area contributed by atoms with Gasteiger partial charge in [-0.15, -0.1) is 35.3 Å². The van der Waals surface area contributed by atoms with Crippen LogP contribution in [-0.4, -0.2) is 211 Å². The average molecular weight is 1370 g/mol. The van der Waals surface area contributed by atoms with E-state index in [0.29, 0.717) is 15.8 Å². The highest BCUT2D eigenvalue weighted by molar-refractivity contribution is 8.15. The van der Waals surface area contributed by atoms with Crippen LogP contribution < -0.4 is 0 Å². The molecule has 0 fully saturated rings. The Morgan fingerprint density at radius 2 is 1.00 bits per heavy atom. The van der Waals surface area contributed by atoms with E-state index in [2.05, 4.69) is 95.2 Å². The first kappa shape index (κ1) is 81.5. The van der Waals surface area contributed by atoms with Crippen LogP contribution >= 0.6 is 47.0 Å². The molecule has 0 amide bonds. The highest BCUT2D eigenvalue weighted by Crippen LogP contribution is 2.35. The van der Waals surface area contributed by atoms with Gasteiger partial charge in [-0.25, -0.2) is 4.99 Å². The second-order valence-electron chi connectivity index (χ2n) is 19.0. The minimum absolute atomic E-state index is 0.0509. The topological polar surface area (TPSA) is 191 Å². The molecule has 0 spiro atoms. The van der Waals surface area contributed by atoms with Crippen molar-refractivity contribution in [2.75, 3.05) is 89.5 Å². The van der Waals surface area contributed by atoms with Gasteiger partial charge < -0.3 is 28.6 Å². The van der Waals surface area contributed by atoms with E-state index in [1.165, 1.54) is 67.3 Å². The van der Waals surface area contributed by atoms with E-state index < -0.39 is 60.4 Å². The number of thioether (sulfide) groups is 4. The second-order valence-corrected chi connectivity index (χ2v) is 24.2. The normalized spacial score (nSPS) is 23.9. The number of hydrogen-bond acceptors (Lipinski definition) is 21. The Balaban J connectivity index is 0.000000487. The third kappa shape index (κ3) is 40.3. The summed E-state index contributed by atoms with van der Waals surface area (Å²) in [5, 5.41) is 9.10. The molecule has 88 heavy (non-hydrogen) atoms. The fraction of sp³-hybridized carbons (Fsp3) is 0.788. The lowest BCUT2D eigenvalue weighted by atomic mass is 10.2. The minimum atomic E-state index is -4.28. The molecule has 506 valence electrons. The summed E-state index contributed by atoms with van der Waals surface area (Å²) in [6.07, 6.45) is -18.7. The standard InChI is InChI=1S/3C5H6F3NO.2C5H6F3NS.C5H9NO.C5H9NS.C5H9N.2C4H7NO.C4H7NS/c1-3-9-4(2-10-3)5(6,7)8;1-3-9-2-4(10-3)5(6,7)8;1-3-2-4(10-9-3)5(6,7)8;1-3-9-4(2-10-3)5(6,7)8;1-3-9-2-4(10-3)5(6,7)8;2*1-5-6-3-2-4-7-5;1-5-3-2-4-6-5;1-4-5-2-3-6-4;1-4-2-3-6-5-4;1-4-5-2-3-6-4/h5*4H,2H2,1H3;2*2-4H2,1H3;2-4H2,1H3;3*2-3H2,1H3. The Labute approximate surface area is 520 Å². The number of hydrogen-bond donors (Lipinski definition) is 0. The Bertz CT molecular complexity index is 2190. The lowest BCUT2D eigenvalue weighted by Crippen LogP contribution is -2.31. The van der Waals surface area contributed by atoms with Crippen molar-refractivity contribution >= 4 is 108 Å². The van der Waals surface area contributed by atoms with E-state index in [0.717, 1.165) is 106 Å². The number of aliphatic imine (C=N–C) groups is 9. The van der Waals surface area contributed by atoms with Gasteiger partial charge >= 0.3 is 30.9 Å². The van der Waals surface area contributed by atoms with Gasteiger partial charge in [0, 0.05) is 96.1 Å². The van der Waals surface area contributed by atoms with Crippen LogP contribution in [0.3, 0.4) is 0 Å². The van der Waals surface area contributed by atoms with E-state index in [1.54, 1.807) is 13.8 Å².